The molecule has 0 bridgehead atoms. The Morgan fingerprint density at radius 3 is 2.70 bits per heavy atom. The van der Waals surface area contributed by atoms with Crippen LogP contribution in [0.2, 0.25) is 0 Å². The smallest absolute Gasteiger partial charge is 0.223 e. The van der Waals surface area contributed by atoms with E-state index in [9.17, 15) is 9.90 Å². The van der Waals surface area contributed by atoms with Crippen LogP contribution in [0.15, 0.2) is 28.7 Å². The second kappa shape index (κ2) is 5.86. The Hall–Kier alpha value is -0.870. The highest BCUT2D eigenvalue weighted by Crippen LogP contribution is 2.48. The summed E-state index contributed by atoms with van der Waals surface area (Å²) in [6.07, 6.45) is 4.22. The summed E-state index contributed by atoms with van der Waals surface area (Å²) in [5, 5.41) is 12.6. The van der Waals surface area contributed by atoms with Gasteiger partial charge in [0.15, 0.2) is 0 Å². The van der Waals surface area contributed by atoms with Gasteiger partial charge in [-0.25, -0.2) is 0 Å². The molecule has 3 nitrogen and oxygen atoms in total. The van der Waals surface area contributed by atoms with E-state index in [0.717, 1.165) is 36.6 Å². The van der Waals surface area contributed by atoms with Gasteiger partial charge in [0.2, 0.25) is 5.91 Å². The monoisotopic (exact) mass is 337 g/mol. The zero-order valence-corrected chi connectivity index (χ0v) is 13.0. The van der Waals surface area contributed by atoms with E-state index in [4.69, 9.17) is 0 Å². The number of amides is 1. The third-order valence-corrected chi connectivity index (χ3v) is 4.94. The van der Waals surface area contributed by atoms with Crippen molar-refractivity contribution in [2.75, 3.05) is 0 Å². The van der Waals surface area contributed by atoms with Crippen LogP contribution in [0.25, 0.3) is 0 Å². The third-order valence-electron chi connectivity index (χ3n) is 4.45. The summed E-state index contributed by atoms with van der Waals surface area (Å²) in [5.41, 5.74) is 1.25. The molecule has 3 rings (SSSR count). The molecule has 0 radical (unpaired) electrons. The molecule has 1 aromatic carbocycles. The van der Waals surface area contributed by atoms with E-state index in [-0.39, 0.29) is 24.0 Å². The van der Waals surface area contributed by atoms with Gasteiger partial charge >= 0.3 is 0 Å². The first kappa shape index (κ1) is 14.1. The summed E-state index contributed by atoms with van der Waals surface area (Å²) in [6, 6.07) is 8.49. The molecule has 2 aliphatic rings. The van der Waals surface area contributed by atoms with Crippen molar-refractivity contribution in [3.63, 3.8) is 0 Å². The van der Waals surface area contributed by atoms with Gasteiger partial charge in [-0.3, -0.25) is 4.79 Å². The van der Waals surface area contributed by atoms with Crippen LogP contribution in [-0.4, -0.2) is 23.2 Å². The summed E-state index contributed by atoms with van der Waals surface area (Å²) in [4.78, 5) is 12.2. The molecule has 0 unspecified atom stereocenters. The minimum absolute atomic E-state index is 0.135. The molecular formula is C16H20BrNO2. The van der Waals surface area contributed by atoms with Gasteiger partial charge < -0.3 is 10.4 Å². The molecule has 108 valence electrons. The van der Waals surface area contributed by atoms with Gasteiger partial charge in [0.25, 0.3) is 0 Å². The molecule has 0 spiro atoms. The Balaban J connectivity index is 1.53. The normalized spacial score (nSPS) is 32.7. The van der Waals surface area contributed by atoms with Gasteiger partial charge in [0, 0.05) is 16.4 Å². The fourth-order valence-corrected chi connectivity index (χ4v) is 3.54. The van der Waals surface area contributed by atoms with Crippen molar-refractivity contribution < 1.29 is 9.90 Å². The van der Waals surface area contributed by atoms with Gasteiger partial charge in [0.1, 0.15) is 0 Å². The first-order valence-corrected chi connectivity index (χ1v) is 8.16. The number of hydrogen-bond donors (Lipinski definition) is 2. The zero-order valence-electron chi connectivity index (χ0n) is 11.4. The molecule has 1 aromatic rings. The van der Waals surface area contributed by atoms with Crippen LogP contribution in [0.5, 0.6) is 0 Å². The van der Waals surface area contributed by atoms with Crippen molar-refractivity contribution in [1.82, 2.24) is 5.32 Å². The Kier molecular flexibility index (Phi) is 4.13. The van der Waals surface area contributed by atoms with Gasteiger partial charge in [-0.1, -0.05) is 28.1 Å². The van der Waals surface area contributed by atoms with E-state index in [2.05, 4.69) is 33.4 Å². The predicted octanol–water partition coefficient (Wildman–Crippen LogP) is 2.97. The lowest BCUT2D eigenvalue weighted by Crippen LogP contribution is -2.39. The van der Waals surface area contributed by atoms with Gasteiger partial charge in [-0.2, -0.15) is 0 Å². The number of benzene rings is 1. The fourth-order valence-electron chi connectivity index (χ4n) is 3.12. The molecule has 0 heterocycles. The topological polar surface area (TPSA) is 49.3 Å². The van der Waals surface area contributed by atoms with Gasteiger partial charge in [-0.05, 0) is 55.7 Å². The Morgan fingerprint density at radius 1 is 1.25 bits per heavy atom. The first-order chi connectivity index (χ1) is 9.63. The Labute approximate surface area is 127 Å². The van der Waals surface area contributed by atoms with Crippen LogP contribution in [0.1, 0.15) is 43.6 Å². The number of nitrogens with one attached hydrogen (secondary N) is 1. The summed E-state index contributed by atoms with van der Waals surface area (Å²) >= 11 is 3.48. The number of carbonyl (C=O) groups excluding carboxylic acids is 1. The Bertz CT molecular complexity index is 497. The van der Waals surface area contributed by atoms with Crippen LogP contribution in [0.3, 0.4) is 0 Å². The van der Waals surface area contributed by atoms with E-state index in [1.807, 2.05) is 12.1 Å². The summed E-state index contributed by atoms with van der Waals surface area (Å²) in [5.74, 6) is 0.703. The molecule has 2 atom stereocenters. The molecule has 20 heavy (non-hydrogen) atoms. The average Bonchev–Trinajstić information content (AvgIpc) is 3.22. The summed E-state index contributed by atoms with van der Waals surface area (Å²) < 4.78 is 1.07. The highest BCUT2D eigenvalue weighted by molar-refractivity contribution is 9.10. The Morgan fingerprint density at radius 2 is 2.00 bits per heavy atom. The summed E-state index contributed by atoms with van der Waals surface area (Å²) in [6.45, 7) is 0. The minimum Gasteiger partial charge on any atom is -0.393 e. The predicted molar refractivity (Wildman–Crippen MR) is 81.4 cm³/mol. The lowest BCUT2D eigenvalue weighted by atomic mass is 9.93. The number of aliphatic hydroxyl groups is 1. The van der Waals surface area contributed by atoms with E-state index >= 15 is 0 Å². The van der Waals surface area contributed by atoms with Crippen LogP contribution in [0.4, 0.5) is 0 Å². The fraction of sp³-hybridized carbons (Fsp3) is 0.562. The molecule has 2 saturated carbocycles. The zero-order chi connectivity index (χ0) is 14.1. The highest BCUT2D eigenvalue weighted by atomic mass is 79.9. The second-order valence-electron chi connectivity index (χ2n) is 6.02. The quantitative estimate of drug-likeness (QED) is 0.890. The highest BCUT2D eigenvalue weighted by Gasteiger charge is 2.44. The molecule has 2 fully saturated rings. The minimum atomic E-state index is -0.168. The number of rotatable bonds is 3. The standard InChI is InChI=1S/C16H20BrNO2/c17-11-3-1-2-10(8-11)14-9-15(14)16(20)18-12-4-6-13(19)7-5-12/h1-3,8,12-15,19H,4-7,9H2,(H,18,20)/t12?,13?,14-,15+/m0/s1. The first-order valence-electron chi connectivity index (χ1n) is 7.37. The van der Waals surface area contributed by atoms with Crippen LogP contribution < -0.4 is 5.32 Å². The number of carbonyl (C=O) groups is 1. The molecule has 0 saturated heterocycles. The SMILES string of the molecule is O=C(NC1CCC(O)CC1)[C@@H]1C[C@H]1c1cccc(Br)c1. The molecule has 2 N–H and O–H groups in total. The maximum atomic E-state index is 12.2. The molecule has 4 heteroatoms. The van der Waals surface area contributed by atoms with E-state index in [1.54, 1.807) is 0 Å². The van der Waals surface area contributed by atoms with Gasteiger partial charge in [0.05, 0.1) is 6.10 Å². The van der Waals surface area contributed by atoms with Crippen LogP contribution >= 0.6 is 15.9 Å². The lowest BCUT2D eigenvalue weighted by Gasteiger charge is -2.26. The maximum absolute atomic E-state index is 12.2. The van der Waals surface area contributed by atoms with Crippen molar-refractivity contribution >= 4 is 21.8 Å². The van der Waals surface area contributed by atoms with E-state index < -0.39 is 0 Å². The summed E-state index contributed by atoms with van der Waals surface area (Å²) in [7, 11) is 0. The number of hydrogen-bond acceptors (Lipinski definition) is 2. The van der Waals surface area contributed by atoms with E-state index in [1.165, 1.54) is 5.56 Å². The largest absolute Gasteiger partial charge is 0.393 e. The molecule has 0 aromatic heterocycles. The van der Waals surface area contributed by atoms with Crippen LogP contribution in [0, 0.1) is 5.92 Å². The molecule has 2 aliphatic carbocycles. The van der Waals surface area contributed by atoms with Crippen molar-refractivity contribution in [1.29, 1.82) is 0 Å². The van der Waals surface area contributed by atoms with Crippen molar-refractivity contribution in [2.45, 2.75) is 50.2 Å². The lowest BCUT2D eigenvalue weighted by molar-refractivity contribution is -0.123. The third kappa shape index (κ3) is 3.23. The van der Waals surface area contributed by atoms with Crippen molar-refractivity contribution in [3.05, 3.63) is 34.3 Å². The van der Waals surface area contributed by atoms with E-state index in [0.29, 0.717) is 5.92 Å². The van der Waals surface area contributed by atoms with Crippen LogP contribution in [-0.2, 0) is 4.79 Å². The van der Waals surface area contributed by atoms with Crippen molar-refractivity contribution in [2.24, 2.45) is 5.92 Å². The average molecular weight is 338 g/mol. The van der Waals surface area contributed by atoms with Gasteiger partial charge in [-0.15, -0.1) is 0 Å². The number of halogens is 1. The molecule has 1 amide bonds. The molecule has 0 aliphatic heterocycles. The molecular weight excluding hydrogens is 318 g/mol. The number of aliphatic hydroxyl groups excluding tert-OH is 1. The maximum Gasteiger partial charge on any atom is 0.223 e. The second-order valence-corrected chi connectivity index (χ2v) is 6.93. The van der Waals surface area contributed by atoms with Crippen molar-refractivity contribution in [3.8, 4) is 0 Å².